The van der Waals surface area contributed by atoms with Crippen molar-refractivity contribution in [1.29, 1.82) is 5.26 Å². The van der Waals surface area contributed by atoms with Crippen LogP contribution in [0.1, 0.15) is 30.2 Å². The van der Waals surface area contributed by atoms with E-state index in [1.807, 2.05) is 0 Å². The molecule has 0 spiro atoms. The molecule has 0 radical (unpaired) electrons. The van der Waals surface area contributed by atoms with Gasteiger partial charge in [0.1, 0.15) is 5.69 Å². The topological polar surface area (TPSA) is 63.0 Å². The van der Waals surface area contributed by atoms with Gasteiger partial charge in [-0.2, -0.15) is 5.26 Å². The lowest BCUT2D eigenvalue weighted by molar-refractivity contribution is -0.142. The van der Waals surface area contributed by atoms with Gasteiger partial charge in [-0.05, 0) is 13.0 Å². The molecular formula is C11H10F2N2O2. The first-order valence-electron chi connectivity index (χ1n) is 4.91. The van der Waals surface area contributed by atoms with E-state index in [1.165, 1.54) is 6.07 Å². The lowest BCUT2D eigenvalue weighted by Gasteiger charge is -2.08. The first-order chi connectivity index (χ1) is 8.10. The van der Waals surface area contributed by atoms with Crippen molar-refractivity contribution >= 4 is 5.97 Å². The molecule has 0 atom stereocenters. The van der Waals surface area contributed by atoms with E-state index >= 15 is 0 Å². The third kappa shape index (κ3) is 3.21. The zero-order chi connectivity index (χ0) is 12.8. The van der Waals surface area contributed by atoms with Crippen molar-refractivity contribution in [2.75, 3.05) is 6.61 Å². The number of nitrogens with zero attached hydrogens (tertiary/aromatic N) is 2. The number of pyridine rings is 1. The van der Waals surface area contributed by atoms with Gasteiger partial charge in [-0.1, -0.05) is 0 Å². The smallest absolute Gasteiger partial charge is 0.310 e. The van der Waals surface area contributed by atoms with Crippen LogP contribution in [0.3, 0.4) is 0 Å². The van der Waals surface area contributed by atoms with E-state index in [-0.39, 0.29) is 24.2 Å². The van der Waals surface area contributed by atoms with Crippen LogP contribution in [-0.4, -0.2) is 17.6 Å². The molecule has 1 heterocycles. The Balaban J connectivity index is 3.10. The number of aromatic nitrogens is 1. The van der Waals surface area contributed by atoms with Crippen LogP contribution in [0, 0.1) is 11.3 Å². The average molecular weight is 240 g/mol. The van der Waals surface area contributed by atoms with Crippen molar-refractivity contribution in [2.24, 2.45) is 0 Å². The number of esters is 1. The minimum atomic E-state index is -2.83. The molecule has 0 aromatic carbocycles. The Morgan fingerprint density at radius 1 is 1.65 bits per heavy atom. The maximum Gasteiger partial charge on any atom is 0.310 e. The molecule has 4 nitrogen and oxygen atoms in total. The van der Waals surface area contributed by atoms with Gasteiger partial charge in [-0.3, -0.25) is 9.78 Å². The number of hydrogen-bond acceptors (Lipinski definition) is 4. The molecule has 6 heteroatoms. The van der Waals surface area contributed by atoms with Gasteiger partial charge in [-0.15, -0.1) is 0 Å². The summed E-state index contributed by atoms with van der Waals surface area (Å²) < 4.78 is 30.0. The lowest BCUT2D eigenvalue weighted by atomic mass is 10.0. The Morgan fingerprint density at radius 3 is 2.88 bits per heavy atom. The molecular weight excluding hydrogens is 230 g/mol. The molecule has 0 fully saturated rings. The third-order valence-electron chi connectivity index (χ3n) is 2.04. The van der Waals surface area contributed by atoms with E-state index in [0.29, 0.717) is 0 Å². The summed E-state index contributed by atoms with van der Waals surface area (Å²) in [5.41, 5.74) is -0.594. The molecule has 90 valence electrons. The van der Waals surface area contributed by atoms with E-state index in [4.69, 9.17) is 5.26 Å². The highest BCUT2D eigenvalue weighted by Crippen LogP contribution is 2.23. The molecule has 0 aliphatic heterocycles. The van der Waals surface area contributed by atoms with Gasteiger partial charge in [0.05, 0.1) is 24.7 Å². The summed E-state index contributed by atoms with van der Waals surface area (Å²) in [7, 11) is 0. The van der Waals surface area contributed by atoms with Gasteiger partial charge < -0.3 is 4.74 Å². The molecule has 0 amide bonds. The summed E-state index contributed by atoms with van der Waals surface area (Å²) in [5.74, 6) is -0.654. The van der Waals surface area contributed by atoms with Crippen LogP contribution in [0.15, 0.2) is 12.3 Å². The SMILES string of the molecule is CCOC(=O)Cc1c(C#N)ccnc1C(F)F. The fraction of sp³-hybridized carbons (Fsp3) is 0.364. The first-order valence-corrected chi connectivity index (χ1v) is 4.91. The van der Waals surface area contributed by atoms with Crippen LogP contribution in [0.4, 0.5) is 8.78 Å². The van der Waals surface area contributed by atoms with Crippen molar-refractivity contribution in [3.63, 3.8) is 0 Å². The molecule has 0 unspecified atom stereocenters. The molecule has 1 aromatic heterocycles. The molecule has 0 saturated carbocycles. The van der Waals surface area contributed by atoms with Crippen LogP contribution < -0.4 is 0 Å². The quantitative estimate of drug-likeness (QED) is 0.755. The summed E-state index contributed by atoms with van der Waals surface area (Å²) in [4.78, 5) is 14.7. The van der Waals surface area contributed by atoms with Gasteiger partial charge in [0.25, 0.3) is 6.43 Å². The first kappa shape index (κ1) is 13.0. The van der Waals surface area contributed by atoms with E-state index in [2.05, 4.69) is 9.72 Å². The van der Waals surface area contributed by atoms with Gasteiger partial charge in [0.15, 0.2) is 0 Å². The number of rotatable bonds is 4. The average Bonchev–Trinajstić information content (AvgIpc) is 2.29. The maximum atomic E-state index is 12.7. The fourth-order valence-electron chi connectivity index (χ4n) is 1.34. The molecule has 17 heavy (non-hydrogen) atoms. The Labute approximate surface area is 96.8 Å². The van der Waals surface area contributed by atoms with Crippen molar-refractivity contribution in [1.82, 2.24) is 4.98 Å². The normalized spacial score (nSPS) is 10.1. The third-order valence-corrected chi connectivity index (χ3v) is 2.04. The molecule has 0 aliphatic rings. The van der Waals surface area contributed by atoms with Crippen LogP contribution in [0.5, 0.6) is 0 Å². The maximum absolute atomic E-state index is 12.7. The molecule has 1 aromatic rings. The van der Waals surface area contributed by atoms with Crippen molar-refractivity contribution in [3.8, 4) is 6.07 Å². The monoisotopic (exact) mass is 240 g/mol. The van der Waals surface area contributed by atoms with E-state index in [9.17, 15) is 13.6 Å². The summed E-state index contributed by atoms with van der Waals surface area (Å²) >= 11 is 0. The second kappa shape index (κ2) is 5.89. The Kier molecular flexibility index (Phi) is 4.52. The van der Waals surface area contributed by atoms with Crippen LogP contribution in [-0.2, 0) is 16.0 Å². The number of nitriles is 1. The van der Waals surface area contributed by atoms with Crippen molar-refractivity contribution in [2.45, 2.75) is 19.8 Å². The number of alkyl halides is 2. The zero-order valence-electron chi connectivity index (χ0n) is 9.11. The minimum absolute atomic E-state index is 0.0170. The Hall–Kier alpha value is -2.03. The van der Waals surface area contributed by atoms with Gasteiger partial charge in [0, 0.05) is 11.8 Å². The number of carbonyl (C=O) groups excluding carboxylic acids is 1. The van der Waals surface area contributed by atoms with Gasteiger partial charge in [0.2, 0.25) is 0 Å². The van der Waals surface area contributed by atoms with E-state index < -0.39 is 18.1 Å². The highest BCUT2D eigenvalue weighted by Gasteiger charge is 2.20. The lowest BCUT2D eigenvalue weighted by Crippen LogP contribution is -2.12. The molecule has 0 bridgehead atoms. The number of carbonyl (C=O) groups is 1. The standard InChI is InChI=1S/C11H10F2N2O2/c1-2-17-9(16)5-8-7(6-14)3-4-15-10(8)11(12)13/h3-4,11H,2,5H2,1H3. The molecule has 0 N–H and O–H groups in total. The van der Waals surface area contributed by atoms with Crippen LogP contribution >= 0.6 is 0 Å². The highest BCUT2D eigenvalue weighted by atomic mass is 19.3. The van der Waals surface area contributed by atoms with Crippen molar-refractivity contribution < 1.29 is 18.3 Å². The summed E-state index contributed by atoms with van der Waals surface area (Å²) in [6, 6.07) is 3.05. The molecule has 0 saturated heterocycles. The van der Waals surface area contributed by atoms with Crippen molar-refractivity contribution in [3.05, 3.63) is 29.1 Å². The van der Waals surface area contributed by atoms with Crippen LogP contribution in [0.2, 0.25) is 0 Å². The second-order valence-corrected chi connectivity index (χ2v) is 3.12. The summed E-state index contributed by atoms with van der Waals surface area (Å²) in [6.07, 6.45) is -2.08. The summed E-state index contributed by atoms with van der Waals surface area (Å²) in [5, 5.41) is 8.79. The van der Waals surface area contributed by atoms with Crippen LogP contribution in [0.25, 0.3) is 0 Å². The highest BCUT2D eigenvalue weighted by molar-refractivity contribution is 5.74. The fourth-order valence-corrected chi connectivity index (χ4v) is 1.34. The van der Waals surface area contributed by atoms with Gasteiger partial charge >= 0.3 is 5.97 Å². The van der Waals surface area contributed by atoms with E-state index in [0.717, 1.165) is 6.20 Å². The largest absolute Gasteiger partial charge is 0.466 e. The number of ether oxygens (including phenoxy) is 1. The number of hydrogen-bond donors (Lipinski definition) is 0. The Morgan fingerprint density at radius 2 is 2.35 bits per heavy atom. The number of halogens is 2. The zero-order valence-corrected chi connectivity index (χ0v) is 9.11. The predicted molar refractivity (Wildman–Crippen MR) is 54.2 cm³/mol. The predicted octanol–water partition coefficient (Wildman–Crippen LogP) is 2.00. The molecule has 1 rings (SSSR count). The van der Waals surface area contributed by atoms with E-state index in [1.54, 1.807) is 13.0 Å². The van der Waals surface area contributed by atoms with Gasteiger partial charge in [-0.25, -0.2) is 8.78 Å². The Bertz CT molecular complexity index is 455. The summed E-state index contributed by atoms with van der Waals surface area (Å²) in [6.45, 7) is 1.77. The second-order valence-electron chi connectivity index (χ2n) is 3.12. The minimum Gasteiger partial charge on any atom is -0.466 e. The molecule has 0 aliphatic carbocycles.